The van der Waals surface area contributed by atoms with Crippen LogP contribution >= 0.6 is 11.8 Å². The predicted molar refractivity (Wildman–Crippen MR) is 78.2 cm³/mol. The van der Waals surface area contributed by atoms with E-state index in [2.05, 4.69) is 4.74 Å². The number of hydrogen-bond donors (Lipinski definition) is 1. The Labute approximate surface area is 120 Å². The molecular formula is C15H14FNO2S. The minimum absolute atomic E-state index is 0.339. The smallest absolute Gasteiger partial charge is 0.337 e. The highest BCUT2D eigenvalue weighted by Crippen LogP contribution is 2.25. The number of thioether (sulfide) groups is 1. The number of carbonyl (C=O) groups is 1. The third kappa shape index (κ3) is 3.74. The van der Waals surface area contributed by atoms with Gasteiger partial charge in [-0.3, -0.25) is 0 Å². The summed E-state index contributed by atoms with van der Waals surface area (Å²) in [6, 6.07) is 11.6. The van der Waals surface area contributed by atoms with E-state index in [9.17, 15) is 9.18 Å². The monoisotopic (exact) mass is 291 g/mol. The van der Waals surface area contributed by atoms with Crippen LogP contribution in [0, 0.1) is 5.82 Å². The Kier molecular flexibility index (Phi) is 4.63. The Morgan fingerprint density at radius 2 is 1.95 bits per heavy atom. The number of benzene rings is 2. The van der Waals surface area contributed by atoms with Gasteiger partial charge in [-0.15, -0.1) is 11.8 Å². The maximum absolute atomic E-state index is 13.2. The Morgan fingerprint density at radius 1 is 1.25 bits per heavy atom. The lowest BCUT2D eigenvalue weighted by molar-refractivity contribution is 0.0600. The SMILES string of the molecule is COC(=O)c1ccc(CSc2cc(N)cc(F)c2)cc1. The van der Waals surface area contributed by atoms with Crippen LogP contribution in [-0.4, -0.2) is 13.1 Å². The van der Waals surface area contributed by atoms with E-state index in [1.54, 1.807) is 18.2 Å². The molecule has 0 aliphatic heterocycles. The van der Waals surface area contributed by atoms with Gasteiger partial charge in [-0.05, 0) is 35.9 Å². The molecule has 0 aliphatic carbocycles. The number of ether oxygens (including phenoxy) is 1. The molecule has 5 heteroatoms. The second-order valence-electron chi connectivity index (χ2n) is 4.20. The summed E-state index contributed by atoms with van der Waals surface area (Å²) in [4.78, 5) is 12.1. The molecule has 2 N–H and O–H groups in total. The first-order chi connectivity index (χ1) is 9.58. The number of halogens is 1. The summed E-state index contributed by atoms with van der Waals surface area (Å²) in [5.41, 5.74) is 7.55. The average molecular weight is 291 g/mol. The minimum atomic E-state index is -0.359. The molecule has 0 aliphatic rings. The van der Waals surface area contributed by atoms with E-state index < -0.39 is 0 Å². The molecule has 0 saturated heterocycles. The summed E-state index contributed by atoms with van der Waals surface area (Å²) in [7, 11) is 1.35. The van der Waals surface area contributed by atoms with Gasteiger partial charge in [0.1, 0.15) is 5.82 Å². The number of methoxy groups -OCH3 is 1. The molecule has 0 aromatic heterocycles. The molecule has 2 aromatic carbocycles. The molecule has 0 amide bonds. The zero-order chi connectivity index (χ0) is 14.5. The second-order valence-corrected chi connectivity index (χ2v) is 5.25. The molecule has 0 spiro atoms. The van der Waals surface area contributed by atoms with Gasteiger partial charge in [-0.2, -0.15) is 0 Å². The van der Waals surface area contributed by atoms with Crippen molar-refractivity contribution in [2.45, 2.75) is 10.6 Å². The summed E-state index contributed by atoms with van der Waals surface area (Å²) in [5, 5.41) is 0. The lowest BCUT2D eigenvalue weighted by Gasteiger charge is -2.05. The van der Waals surface area contributed by atoms with Crippen molar-refractivity contribution >= 4 is 23.4 Å². The fourth-order valence-electron chi connectivity index (χ4n) is 1.69. The van der Waals surface area contributed by atoms with Crippen LogP contribution in [0.15, 0.2) is 47.4 Å². The molecule has 0 heterocycles. The van der Waals surface area contributed by atoms with Gasteiger partial charge in [0.15, 0.2) is 0 Å². The van der Waals surface area contributed by atoms with Gasteiger partial charge in [-0.25, -0.2) is 9.18 Å². The lowest BCUT2D eigenvalue weighted by Crippen LogP contribution is -2.00. The zero-order valence-corrected chi connectivity index (χ0v) is 11.7. The maximum Gasteiger partial charge on any atom is 0.337 e. The van der Waals surface area contributed by atoms with E-state index in [0.717, 1.165) is 10.5 Å². The number of esters is 1. The van der Waals surface area contributed by atoms with Crippen LogP contribution in [-0.2, 0) is 10.5 Å². The fourth-order valence-corrected chi connectivity index (χ4v) is 2.63. The molecule has 0 atom stereocenters. The largest absolute Gasteiger partial charge is 0.465 e. The Balaban J connectivity index is 2.02. The van der Waals surface area contributed by atoms with Crippen LogP contribution in [0.1, 0.15) is 15.9 Å². The molecule has 3 nitrogen and oxygen atoms in total. The van der Waals surface area contributed by atoms with Crippen LogP contribution in [0.5, 0.6) is 0 Å². The number of nitrogens with two attached hydrogens (primary N) is 1. The third-order valence-corrected chi connectivity index (χ3v) is 3.72. The van der Waals surface area contributed by atoms with Gasteiger partial charge >= 0.3 is 5.97 Å². The number of anilines is 1. The molecule has 2 rings (SSSR count). The zero-order valence-electron chi connectivity index (χ0n) is 10.9. The minimum Gasteiger partial charge on any atom is -0.465 e. The van der Waals surface area contributed by atoms with Crippen LogP contribution in [0.25, 0.3) is 0 Å². The van der Waals surface area contributed by atoms with Crippen LogP contribution < -0.4 is 5.73 Å². The van der Waals surface area contributed by atoms with Crippen LogP contribution in [0.4, 0.5) is 10.1 Å². The van der Waals surface area contributed by atoms with Crippen molar-refractivity contribution in [1.82, 2.24) is 0 Å². The maximum atomic E-state index is 13.2. The normalized spacial score (nSPS) is 10.3. The summed E-state index contributed by atoms with van der Waals surface area (Å²) < 4.78 is 17.8. The van der Waals surface area contributed by atoms with Gasteiger partial charge in [0, 0.05) is 16.3 Å². The van der Waals surface area contributed by atoms with Crippen molar-refractivity contribution < 1.29 is 13.9 Å². The molecule has 0 radical (unpaired) electrons. The second kappa shape index (κ2) is 6.43. The van der Waals surface area contributed by atoms with Crippen LogP contribution in [0.3, 0.4) is 0 Å². The molecule has 0 unspecified atom stereocenters. The number of carbonyl (C=O) groups excluding carboxylic acids is 1. The Morgan fingerprint density at radius 3 is 2.55 bits per heavy atom. The topological polar surface area (TPSA) is 52.3 Å². The first-order valence-electron chi connectivity index (χ1n) is 5.94. The van der Waals surface area contributed by atoms with E-state index in [-0.39, 0.29) is 11.8 Å². The first kappa shape index (κ1) is 14.4. The summed E-state index contributed by atoms with van der Waals surface area (Å²) >= 11 is 1.49. The first-order valence-corrected chi connectivity index (χ1v) is 6.93. The highest BCUT2D eigenvalue weighted by Gasteiger charge is 2.05. The summed E-state index contributed by atoms with van der Waals surface area (Å²) in [5.74, 6) is -0.0275. The molecule has 0 saturated carbocycles. The Bertz CT molecular complexity index is 594. The van der Waals surface area contributed by atoms with Gasteiger partial charge in [0.2, 0.25) is 0 Å². The van der Waals surface area contributed by atoms with Crippen molar-refractivity contribution in [2.75, 3.05) is 12.8 Å². The van der Waals surface area contributed by atoms with Crippen molar-refractivity contribution in [1.29, 1.82) is 0 Å². The summed E-state index contributed by atoms with van der Waals surface area (Å²) in [6.45, 7) is 0. The van der Waals surface area contributed by atoms with E-state index in [0.29, 0.717) is 17.0 Å². The van der Waals surface area contributed by atoms with Crippen LogP contribution in [0.2, 0.25) is 0 Å². The van der Waals surface area contributed by atoms with Gasteiger partial charge in [-0.1, -0.05) is 12.1 Å². The standard InChI is InChI=1S/C15H14FNO2S/c1-19-15(18)11-4-2-10(3-5-11)9-20-14-7-12(16)6-13(17)8-14/h2-8H,9,17H2,1H3. The molecule has 0 fully saturated rings. The third-order valence-electron chi connectivity index (χ3n) is 2.67. The number of nitrogen functional groups attached to an aromatic ring is 1. The van der Waals surface area contributed by atoms with Crippen molar-refractivity contribution in [3.05, 3.63) is 59.4 Å². The van der Waals surface area contributed by atoms with Crippen molar-refractivity contribution in [3.63, 3.8) is 0 Å². The van der Waals surface area contributed by atoms with E-state index in [1.165, 1.54) is 31.0 Å². The molecule has 2 aromatic rings. The van der Waals surface area contributed by atoms with E-state index in [4.69, 9.17) is 5.73 Å². The highest BCUT2D eigenvalue weighted by molar-refractivity contribution is 7.98. The van der Waals surface area contributed by atoms with E-state index >= 15 is 0 Å². The average Bonchev–Trinajstić information content (AvgIpc) is 2.44. The molecule has 0 bridgehead atoms. The number of hydrogen-bond acceptors (Lipinski definition) is 4. The summed E-state index contributed by atoms with van der Waals surface area (Å²) in [6.07, 6.45) is 0. The van der Waals surface area contributed by atoms with Gasteiger partial charge in [0.25, 0.3) is 0 Å². The van der Waals surface area contributed by atoms with E-state index in [1.807, 2.05) is 12.1 Å². The molecule has 20 heavy (non-hydrogen) atoms. The Hall–Kier alpha value is -2.01. The van der Waals surface area contributed by atoms with Gasteiger partial charge in [0.05, 0.1) is 12.7 Å². The highest BCUT2D eigenvalue weighted by atomic mass is 32.2. The number of rotatable bonds is 4. The quantitative estimate of drug-likeness (QED) is 0.532. The fraction of sp³-hybridized carbons (Fsp3) is 0.133. The van der Waals surface area contributed by atoms with Gasteiger partial charge < -0.3 is 10.5 Å². The molecule has 104 valence electrons. The van der Waals surface area contributed by atoms with Crippen molar-refractivity contribution in [3.8, 4) is 0 Å². The van der Waals surface area contributed by atoms with Crippen molar-refractivity contribution in [2.24, 2.45) is 0 Å². The predicted octanol–water partition coefficient (Wildman–Crippen LogP) is 3.49. The lowest BCUT2D eigenvalue weighted by atomic mass is 10.1. The molecular weight excluding hydrogens is 277 g/mol.